The van der Waals surface area contributed by atoms with Gasteiger partial charge in [0.05, 0.1) is 11.2 Å². The summed E-state index contributed by atoms with van der Waals surface area (Å²) in [5, 5.41) is 14.8. The van der Waals surface area contributed by atoms with Gasteiger partial charge in [-0.05, 0) is 43.2 Å². The highest BCUT2D eigenvalue weighted by Gasteiger charge is 2.16. The average molecular weight is 369 g/mol. The lowest BCUT2D eigenvalue weighted by molar-refractivity contribution is 0.477. The molecule has 0 bridgehead atoms. The van der Waals surface area contributed by atoms with Gasteiger partial charge in [-0.3, -0.25) is 0 Å². The van der Waals surface area contributed by atoms with Gasteiger partial charge in [0, 0.05) is 23.5 Å². The predicted molar refractivity (Wildman–Crippen MR) is 107 cm³/mol. The second kappa shape index (κ2) is 7.38. The molecule has 0 saturated carbocycles. The molecule has 1 aromatic heterocycles. The van der Waals surface area contributed by atoms with Crippen molar-refractivity contribution in [3.63, 3.8) is 0 Å². The Balaban J connectivity index is 1.77. The number of benzene rings is 2. The zero-order chi connectivity index (χ0) is 17.9. The topological polar surface area (TPSA) is 61.3 Å². The van der Waals surface area contributed by atoms with Gasteiger partial charge in [-0.2, -0.15) is 4.98 Å². The van der Waals surface area contributed by atoms with Crippen molar-refractivity contribution in [3.05, 3.63) is 47.5 Å². The Kier molecular flexibility index (Phi) is 4.80. The Morgan fingerprint density at radius 2 is 1.73 bits per heavy atom. The first-order valence-electron chi connectivity index (χ1n) is 8.98. The molecule has 5 nitrogen and oxygen atoms in total. The van der Waals surface area contributed by atoms with Crippen molar-refractivity contribution in [1.82, 2.24) is 9.97 Å². The average Bonchev–Trinajstić information content (AvgIpc) is 2.93. The van der Waals surface area contributed by atoms with Gasteiger partial charge >= 0.3 is 0 Å². The number of aromatic hydroxyl groups is 1. The second-order valence-corrected chi connectivity index (χ2v) is 7.01. The van der Waals surface area contributed by atoms with E-state index in [-0.39, 0.29) is 5.75 Å². The Morgan fingerprint density at radius 3 is 2.54 bits per heavy atom. The smallest absolute Gasteiger partial charge is 0.229 e. The van der Waals surface area contributed by atoms with Gasteiger partial charge in [0.25, 0.3) is 0 Å². The van der Waals surface area contributed by atoms with E-state index >= 15 is 0 Å². The lowest BCUT2D eigenvalue weighted by Crippen LogP contribution is -2.25. The Morgan fingerprint density at radius 1 is 0.962 bits per heavy atom. The number of hydrogen-bond acceptors (Lipinski definition) is 5. The van der Waals surface area contributed by atoms with Crippen molar-refractivity contribution in [1.29, 1.82) is 0 Å². The van der Waals surface area contributed by atoms with Gasteiger partial charge < -0.3 is 15.3 Å². The maximum Gasteiger partial charge on any atom is 0.229 e. The number of hydrogen-bond donors (Lipinski definition) is 2. The third-order valence-electron chi connectivity index (χ3n) is 4.69. The third-order valence-corrected chi connectivity index (χ3v) is 4.93. The minimum atomic E-state index is 0.113. The van der Waals surface area contributed by atoms with Gasteiger partial charge in [-0.15, -0.1) is 0 Å². The third kappa shape index (κ3) is 3.53. The van der Waals surface area contributed by atoms with Crippen molar-refractivity contribution < 1.29 is 5.11 Å². The van der Waals surface area contributed by atoms with Crippen LogP contribution >= 0.6 is 11.6 Å². The maximum atomic E-state index is 10.1. The van der Waals surface area contributed by atoms with Crippen LogP contribution in [-0.4, -0.2) is 28.2 Å². The van der Waals surface area contributed by atoms with E-state index in [0.29, 0.717) is 16.7 Å². The zero-order valence-corrected chi connectivity index (χ0v) is 15.2. The molecule has 4 rings (SSSR count). The quantitative estimate of drug-likeness (QED) is 0.629. The predicted octanol–water partition coefficient (Wildman–Crippen LogP) is 5.11. The molecule has 2 heterocycles. The zero-order valence-electron chi connectivity index (χ0n) is 14.5. The molecule has 0 unspecified atom stereocenters. The number of para-hydroxylation sites is 1. The molecular weight excluding hydrogens is 348 g/mol. The summed E-state index contributed by atoms with van der Waals surface area (Å²) in [5.74, 6) is 1.52. The molecule has 0 aliphatic carbocycles. The van der Waals surface area contributed by atoms with E-state index in [1.165, 1.54) is 25.7 Å². The number of phenolic OH excluding ortho intramolecular Hbond substituents is 1. The van der Waals surface area contributed by atoms with E-state index in [1.54, 1.807) is 18.2 Å². The van der Waals surface area contributed by atoms with Crippen molar-refractivity contribution in [2.45, 2.75) is 25.7 Å². The molecule has 1 fully saturated rings. The molecule has 0 radical (unpaired) electrons. The first-order chi connectivity index (χ1) is 12.7. The molecule has 1 aliphatic heterocycles. The Labute approximate surface area is 157 Å². The van der Waals surface area contributed by atoms with Gasteiger partial charge in [-0.25, -0.2) is 4.98 Å². The van der Waals surface area contributed by atoms with Crippen LogP contribution in [0.2, 0.25) is 5.02 Å². The summed E-state index contributed by atoms with van der Waals surface area (Å²) < 4.78 is 0. The molecule has 6 heteroatoms. The number of nitrogens with zero attached hydrogens (tertiary/aromatic N) is 3. The van der Waals surface area contributed by atoms with Crippen LogP contribution in [-0.2, 0) is 0 Å². The summed E-state index contributed by atoms with van der Waals surface area (Å²) >= 11 is 6.05. The van der Waals surface area contributed by atoms with E-state index in [4.69, 9.17) is 16.6 Å². The summed E-state index contributed by atoms with van der Waals surface area (Å²) in [6.07, 6.45) is 4.88. The standard InChI is InChI=1S/C20H21ClN4O/c21-14-9-10-18(26)17(13-14)23-20-22-16-8-4-3-7-15(16)19(24-20)25-11-5-1-2-6-12-25/h3-4,7-10,13,26H,1-2,5-6,11-12H2,(H,22,23,24). The first-order valence-corrected chi connectivity index (χ1v) is 9.36. The molecule has 1 saturated heterocycles. The molecule has 134 valence electrons. The summed E-state index contributed by atoms with van der Waals surface area (Å²) in [5.41, 5.74) is 1.38. The fraction of sp³-hybridized carbons (Fsp3) is 0.300. The number of aromatic nitrogens is 2. The highest BCUT2D eigenvalue weighted by Crippen LogP contribution is 2.31. The molecule has 1 aliphatic rings. The van der Waals surface area contributed by atoms with Crippen LogP contribution in [0, 0.1) is 0 Å². The largest absolute Gasteiger partial charge is 0.506 e. The summed E-state index contributed by atoms with van der Waals surface area (Å²) in [6.45, 7) is 2.01. The highest BCUT2D eigenvalue weighted by atomic mass is 35.5. The molecule has 0 amide bonds. The number of nitrogens with one attached hydrogen (secondary N) is 1. The van der Waals surface area contributed by atoms with Crippen molar-refractivity contribution in [2.75, 3.05) is 23.3 Å². The van der Waals surface area contributed by atoms with E-state index in [1.807, 2.05) is 18.2 Å². The minimum absolute atomic E-state index is 0.113. The van der Waals surface area contributed by atoms with Gasteiger partial charge in [0.15, 0.2) is 0 Å². The van der Waals surface area contributed by atoms with Crippen molar-refractivity contribution >= 4 is 40.0 Å². The molecule has 0 spiro atoms. The van der Waals surface area contributed by atoms with Gasteiger partial charge in [0.2, 0.25) is 5.95 Å². The van der Waals surface area contributed by atoms with Crippen LogP contribution in [0.15, 0.2) is 42.5 Å². The van der Waals surface area contributed by atoms with Crippen molar-refractivity contribution in [2.24, 2.45) is 0 Å². The second-order valence-electron chi connectivity index (χ2n) is 6.58. The van der Waals surface area contributed by atoms with Crippen LogP contribution in [0.25, 0.3) is 10.9 Å². The van der Waals surface area contributed by atoms with Crippen LogP contribution in [0.5, 0.6) is 5.75 Å². The lowest BCUT2D eigenvalue weighted by atomic mass is 10.2. The van der Waals surface area contributed by atoms with Gasteiger partial charge in [0.1, 0.15) is 11.6 Å². The Hall–Kier alpha value is -2.53. The summed E-state index contributed by atoms with van der Waals surface area (Å²) in [6, 6.07) is 12.9. The van der Waals surface area contributed by atoms with Crippen LogP contribution in [0.3, 0.4) is 0 Å². The normalized spacial score (nSPS) is 15.0. The SMILES string of the molecule is Oc1ccc(Cl)cc1Nc1nc(N2CCCCCC2)c2ccccc2n1. The van der Waals surface area contributed by atoms with Crippen LogP contribution in [0.1, 0.15) is 25.7 Å². The van der Waals surface area contributed by atoms with E-state index < -0.39 is 0 Å². The lowest BCUT2D eigenvalue weighted by Gasteiger charge is -2.23. The van der Waals surface area contributed by atoms with Crippen molar-refractivity contribution in [3.8, 4) is 5.75 Å². The summed E-state index contributed by atoms with van der Waals surface area (Å²) in [7, 11) is 0. The number of fused-ring (bicyclic) bond motifs is 1. The number of anilines is 3. The maximum absolute atomic E-state index is 10.1. The summed E-state index contributed by atoms with van der Waals surface area (Å²) in [4.78, 5) is 11.7. The first kappa shape index (κ1) is 16.9. The molecule has 2 aromatic carbocycles. The number of halogens is 1. The fourth-order valence-corrected chi connectivity index (χ4v) is 3.54. The van der Waals surface area contributed by atoms with E-state index in [0.717, 1.165) is 29.8 Å². The molecule has 26 heavy (non-hydrogen) atoms. The van der Waals surface area contributed by atoms with Crippen LogP contribution in [0.4, 0.5) is 17.5 Å². The fourth-order valence-electron chi connectivity index (χ4n) is 3.37. The van der Waals surface area contributed by atoms with Crippen LogP contribution < -0.4 is 10.2 Å². The van der Waals surface area contributed by atoms with E-state index in [2.05, 4.69) is 21.3 Å². The Bertz CT molecular complexity index is 923. The molecular formula is C20H21ClN4O. The van der Waals surface area contributed by atoms with E-state index in [9.17, 15) is 5.11 Å². The molecule has 2 N–H and O–H groups in total. The highest BCUT2D eigenvalue weighted by molar-refractivity contribution is 6.31. The number of phenols is 1. The molecule has 0 atom stereocenters. The van der Waals surface area contributed by atoms with Gasteiger partial charge in [-0.1, -0.05) is 36.6 Å². The molecule has 3 aromatic rings. The number of rotatable bonds is 3. The monoisotopic (exact) mass is 368 g/mol. The minimum Gasteiger partial charge on any atom is -0.506 e.